The van der Waals surface area contributed by atoms with E-state index in [1.807, 2.05) is 0 Å². The largest absolute Gasteiger partial charge is 0.329 e. The van der Waals surface area contributed by atoms with Crippen LogP contribution < -0.4 is 5.73 Å². The SMILES string of the molecule is CC(C)(C)C1CCCN(C(CN)c2ccccc2Br)CC1. The van der Waals surface area contributed by atoms with E-state index in [0.29, 0.717) is 18.0 Å². The molecule has 1 saturated heterocycles. The predicted octanol–water partition coefficient (Wildman–Crippen LogP) is 4.60. The van der Waals surface area contributed by atoms with Crippen molar-refractivity contribution in [3.63, 3.8) is 0 Å². The van der Waals surface area contributed by atoms with Crippen LogP contribution in [0.25, 0.3) is 0 Å². The van der Waals surface area contributed by atoms with Crippen LogP contribution in [0.2, 0.25) is 0 Å². The maximum absolute atomic E-state index is 6.11. The number of likely N-dealkylation sites (tertiary alicyclic amines) is 1. The van der Waals surface area contributed by atoms with Crippen molar-refractivity contribution < 1.29 is 0 Å². The summed E-state index contributed by atoms with van der Waals surface area (Å²) in [5, 5.41) is 0. The Morgan fingerprint density at radius 1 is 1.24 bits per heavy atom. The van der Waals surface area contributed by atoms with Gasteiger partial charge in [0.1, 0.15) is 0 Å². The van der Waals surface area contributed by atoms with Gasteiger partial charge in [-0.05, 0) is 55.3 Å². The summed E-state index contributed by atoms with van der Waals surface area (Å²) in [6.07, 6.45) is 3.90. The second kappa shape index (κ2) is 7.26. The Labute approximate surface area is 138 Å². The molecule has 2 unspecified atom stereocenters. The fourth-order valence-corrected chi connectivity index (χ4v) is 4.06. The molecule has 0 radical (unpaired) electrons. The van der Waals surface area contributed by atoms with Crippen molar-refractivity contribution in [2.75, 3.05) is 19.6 Å². The van der Waals surface area contributed by atoms with Crippen LogP contribution in [0, 0.1) is 11.3 Å². The Morgan fingerprint density at radius 2 is 1.95 bits per heavy atom. The first-order chi connectivity index (χ1) is 9.93. The van der Waals surface area contributed by atoms with Gasteiger partial charge in [0.25, 0.3) is 0 Å². The highest BCUT2D eigenvalue weighted by atomic mass is 79.9. The first-order valence-electron chi connectivity index (χ1n) is 8.12. The smallest absolute Gasteiger partial charge is 0.0481 e. The maximum atomic E-state index is 6.11. The molecule has 1 aromatic rings. The van der Waals surface area contributed by atoms with Crippen molar-refractivity contribution in [1.82, 2.24) is 4.90 Å². The molecular weight excluding hydrogens is 324 g/mol. The lowest BCUT2D eigenvalue weighted by molar-refractivity contribution is 0.184. The van der Waals surface area contributed by atoms with Crippen molar-refractivity contribution in [2.45, 2.75) is 46.1 Å². The summed E-state index contributed by atoms with van der Waals surface area (Å²) >= 11 is 3.69. The van der Waals surface area contributed by atoms with Crippen molar-refractivity contribution in [2.24, 2.45) is 17.1 Å². The molecule has 2 atom stereocenters. The van der Waals surface area contributed by atoms with Crippen LogP contribution in [0.3, 0.4) is 0 Å². The summed E-state index contributed by atoms with van der Waals surface area (Å²) in [6, 6.07) is 8.83. The second-order valence-corrected chi connectivity index (χ2v) is 8.16. The highest BCUT2D eigenvalue weighted by molar-refractivity contribution is 9.10. The fraction of sp³-hybridized carbons (Fsp3) is 0.667. The lowest BCUT2D eigenvalue weighted by Gasteiger charge is -2.32. The number of halogens is 1. The van der Waals surface area contributed by atoms with E-state index in [0.717, 1.165) is 19.0 Å². The zero-order chi connectivity index (χ0) is 15.5. The average Bonchev–Trinajstić information content (AvgIpc) is 2.67. The van der Waals surface area contributed by atoms with E-state index in [4.69, 9.17) is 5.73 Å². The molecule has 3 heteroatoms. The standard InChI is InChI=1S/C18H29BrN2/c1-18(2,3)14-7-6-11-21(12-10-14)17(13-20)15-8-4-5-9-16(15)19/h4-5,8-9,14,17H,6-7,10-13,20H2,1-3H3. The summed E-state index contributed by atoms with van der Waals surface area (Å²) in [7, 11) is 0. The van der Waals surface area contributed by atoms with Gasteiger partial charge in [0.2, 0.25) is 0 Å². The first kappa shape index (κ1) is 17.0. The summed E-state index contributed by atoms with van der Waals surface area (Å²) in [5.41, 5.74) is 7.86. The molecule has 1 aliphatic rings. The summed E-state index contributed by atoms with van der Waals surface area (Å²) in [4.78, 5) is 2.59. The Bertz CT molecular complexity index is 453. The quantitative estimate of drug-likeness (QED) is 0.861. The number of rotatable bonds is 3. The van der Waals surface area contributed by atoms with Gasteiger partial charge in [-0.3, -0.25) is 4.90 Å². The van der Waals surface area contributed by atoms with Crippen LogP contribution in [0.1, 0.15) is 51.6 Å². The lowest BCUT2D eigenvalue weighted by Crippen LogP contribution is -2.35. The molecule has 21 heavy (non-hydrogen) atoms. The Kier molecular flexibility index (Phi) is 5.87. The summed E-state index contributed by atoms with van der Waals surface area (Å²) in [5.74, 6) is 0.820. The third-order valence-corrected chi connectivity index (χ3v) is 5.64. The van der Waals surface area contributed by atoms with Crippen LogP contribution in [0.15, 0.2) is 28.7 Å². The van der Waals surface area contributed by atoms with Crippen molar-refractivity contribution in [3.05, 3.63) is 34.3 Å². The van der Waals surface area contributed by atoms with E-state index in [-0.39, 0.29) is 0 Å². The number of hydrogen-bond donors (Lipinski definition) is 1. The molecule has 2 rings (SSSR count). The minimum absolute atomic E-state index is 0.333. The molecular formula is C18H29BrN2. The van der Waals surface area contributed by atoms with Crippen LogP contribution in [-0.2, 0) is 0 Å². The van der Waals surface area contributed by atoms with Gasteiger partial charge in [0.05, 0.1) is 0 Å². The van der Waals surface area contributed by atoms with Gasteiger partial charge in [0.15, 0.2) is 0 Å². The lowest BCUT2D eigenvalue weighted by atomic mass is 9.77. The topological polar surface area (TPSA) is 29.3 Å². The number of hydrogen-bond acceptors (Lipinski definition) is 2. The molecule has 0 aliphatic carbocycles. The Balaban J connectivity index is 2.11. The van der Waals surface area contributed by atoms with E-state index in [2.05, 4.69) is 65.9 Å². The molecule has 0 aromatic heterocycles. The van der Waals surface area contributed by atoms with Crippen molar-refractivity contribution >= 4 is 15.9 Å². The molecule has 2 nitrogen and oxygen atoms in total. The van der Waals surface area contributed by atoms with Gasteiger partial charge < -0.3 is 5.73 Å². The predicted molar refractivity (Wildman–Crippen MR) is 94.3 cm³/mol. The monoisotopic (exact) mass is 352 g/mol. The summed E-state index contributed by atoms with van der Waals surface area (Å²) < 4.78 is 1.18. The molecule has 0 bridgehead atoms. The highest BCUT2D eigenvalue weighted by Gasteiger charge is 2.29. The van der Waals surface area contributed by atoms with Gasteiger partial charge >= 0.3 is 0 Å². The molecule has 1 fully saturated rings. The summed E-state index contributed by atoms with van der Waals surface area (Å²) in [6.45, 7) is 10.1. The van der Waals surface area contributed by atoms with Gasteiger partial charge in [0, 0.05) is 17.1 Å². The molecule has 0 spiro atoms. The van der Waals surface area contributed by atoms with Crippen LogP contribution >= 0.6 is 15.9 Å². The molecule has 1 aliphatic heterocycles. The molecule has 1 aromatic carbocycles. The first-order valence-corrected chi connectivity index (χ1v) is 8.91. The molecule has 0 saturated carbocycles. The molecule has 118 valence electrons. The van der Waals surface area contributed by atoms with Gasteiger partial charge in [-0.25, -0.2) is 0 Å². The Hall–Kier alpha value is -0.380. The maximum Gasteiger partial charge on any atom is 0.0481 e. The van der Waals surface area contributed by atoms with E-state index in [9.17, 15) is 0 Å². The van der Waals surface area contributed by atoms with Crippen LogP contribution in [0.5, 0.6) is 0 Å². The van der Waals surface area contributed by atoms with Gasteiger partial charge in [-0.1, -0.05) is 54.9 Å². The highest BCUT2D eigenvalue weighted by Crippen LogP contribution is 2.36. The fourth-order valence-electron chi connectivity index (χ4n) is 3.51. The normalized spacial score (nSPS) is 22.8. The second-order valence-electron chi connectivity index (χ2n) is 7.30. The van der Waals surface area contributed by atoms with E-state index >= 15 is 0 Å². The van der Waals surface area contributed by atoms with E-state index in [1.165, 1.54) is 29.3 Å². The van der Waals surface area contributed by atoms with Gasteiger partial charge in [-0.15, -0.1) is 0 Å². The molecule has 2 N–H and O–H groups in total. The average molecular weight is 353 g/mol. The number of benzene rings is 1. The molecule has 1 heterocycles. The van der Waals surface area contributed by atoms with Crippen LogP contribution in [0.4, 0.5) is 0 Å². The third kappa shape index (κ3) is 4.30. The third-order valence-electron chi connectivity index (χ3n) is 4.92. The minimum atomic E-state index is 0.333. The van der Waals surface area contributed by atoms with Gasteiger partial charge in [-0.2, -0.15) is 0 Å². The zero-order valence-electron chi connectivity index (χ0n) is 13.6. The van der Waals surface area contributed by atoms with E-state index < -0.39 is 0 Å². The minimum Gasteiger partial charge on any atom is -0.329 e. The zero-order valence-corrected chi connectivity index (χ0v) is 15.2. The number of nitrogens with zero attached hydrogens (tertiary/aromatic N) is 1. The van der Waals surface area contributed by atoms with Crippen molar-refractivity contribution in [3.8, 4) is 0 Å². The van der Waals surface area contributed by atoms with E-state index in [1.54, 1.807) is 0 Å². The van der Waals surface area contributed by atoms with Crippen LogP contribution in [-0.4, -0.2) is 24.5 Å². The Morgan fingerprint density at radius 3 is 2.57 bits per heavy atom. The van der Waals surface area contributed by atoms with Crippen molar-refractivity contribution in [1.29, 1.82) is 0 Å². The number of nitrogens with two attached hydrogens (primary N) is 1. The molecule has 0 amide bonds.